The molecule has 0 atom stereocenters. The maximum absolute atomic E-state index is 9.24. The third-order valence-electron chi connectivity index (χ3n) is 8.19. The Labute approximate surface area is 279 Å². The second-order valence-electron chi connectivity index (χ2n) is 10.7. The van der Waals surface area contributed by atoms with Gasteiger partial charge in [0.2, 0.25) is 0 Å². The van der Waals surface area contributed by atoms with E-state index < -0.39 is 84.1 Å². The predicted octanol–water partition coefficient (Wildman–Crippen LogP) is 12.6. The van der Waals surface area contributed by atoms with Crippen molar-refractivity contribution in [3.63, 3.8) is 0 Å². The van der Waals surface area contributed by atoms with Crippen LogP contribution in [-0.2, 0) is 0 Å². The molecule has 0 saturated carbocycles. The van der Waals surface area contributed by atoms with Gasteiger partial charge in [0.05, 0.1) is 17.8 Å². The molecule has 1 heterocycles. The SMILES string of the molecule is [2H]c1c([2H])c([2H])c(-c2c3c([2H])c([2H])c([2H])c([2H])c3c(-c3cccc(-c4ccc5c(c4)oc4cccc(-c6ccccc6)c45)c3)c3c([2H])c([2H])c([2H])c([2H])c23)c([2H])c1[2H]. The molecule has 0 aliphatic heterocycles. The van der Waals surface area contributed by atoms with Gasteiger partial charge in [0.1, 0.15) is 11.2 Å². The summed E-state index contributed by atoms with van der Waals surface area (Å²) in [6, 6.07) is 20.4. The van der Waals surface area contributed by atoms with Gasteiger partial charge >= 0.3 is 0 Å². The van der Waals surface area contributed by atoms with Gasteiger partial charge < -0.3 is 4.42 Å². The maximum Gasteiger partial charge on any atom is 0.136 e. The van der Waals surface area contributed by atoms with Crippen molar-refractivity contribution in [1.82, 2.24) is 0 Å². The zero-order chi connectivity index (χ0) is 41.1. The highest BCUT2D eigenvalue weighted by Gasteiger charge is 2.17. The molecule has 0 radical (unpaired) electrons. The minimum absolute atomic E-state index is 0.0688. The Balaban J connectivity index is 1.38. The van der Waals surface area contributed by atoms with Crippen LogP contribution in [-0.4, -0.2) is 0 Å². The Morgan fingerprint density at radius 1 is 0.378 bits per heavy atom. The summed E-state index contributed by atoms with van der Waals surface area (Å²) in [5, 5.41) is 1.10. The van der Waals surface area contributed by atoms with Crippen LogP contribution in [0.5, 0.6) is 0 Å². The first-order valence-corrected chi connectivity index (χ1v) is 14.4. The first-order chi connectivity index (χ1) is 27.7. The van der Waals surface area contributed by atoms with E-state index in [2.05, 4.69) is 0 Å². The summed E-state index contributed by atoms with van der Waals surface area (Å²) in [5.74, 6) is 0. The van der Waals surface area contributed by atoms with Crippen LogP contribution in [0.1, 0.15) is 17.8 Å². The van der Waals surface area contributed by atoms with Crippen LogP contribution in [0.4, 0.5) is 0 Å². The monoisotopic (exact) mass is 585 g/mol. The lowest BCUT2D eigenvalue weighted by Crippen LogP contribution is -1.91. The number of fused-ring (bicyclic) bond motifs is 5. The number of hydrogen-bond acceptors (Lipinski definition) is 1. The molecular formula is C44H28O. The highest BCUT2D eigenvalue weighted by Crippen LogP contribution is 2.44. The molecule has 0 unspecified atom stereocenters. The van der Waals surface area contributed by atoms with Crippen molar-refractivity contribution in [2.24, 2.45) is 0 Å². The van der Waals surface area contributed by atoms with Gasteiger partial charge in [-0.25, -0.2) is 0 Å². The first-order valence-electron chi connectivity index (χ1n) is 20.9. The molecule has 0 fully saturated rings. The lowest BCUT2D eigenvalue weighted by molar-refractivity contribution is 0.669. The Hall–Kier alpha value is -5.92. The van der Waals surface area contributed by atoms with Crippen molar-refractivity contribution in [3.8, 4) is 44.5 Å². The molecule has 0 bridgehead atoms. The Kier molecular flexibility index (Phi) is 3.62. The fraction of sp³-hybridized carbons (Fsp3) is 0. The zero-order valence-corrected chi connectivity index (χ0v) is 23.6. The molecule has 0 spiro atoms. The largest absolute Gasteiger partial charge is 0.456 e. The average Bonchev–Trinajstić information content (AvgIpc) is 3.62. The number of hydrogen-bond donors (Lipinski definition) is 0. The van der Waals surface area contributed by atoms with Crippen molar-refractivity contribution >= 4 is 43.5 Å². The van der Waals surface area contributed by atoms with Gasteiger partial charge in [0.25, 0.3) is 0 Å². The van der Waals surface area contributed by atoms with E-state index in [9.17, 15) is 5.48 Å². The molecule has 210 valence electrons. The van der Waals surface area contributed by atoms with Gasteiger partial charge in [-0.2, -0.15) is 0 Å². The zero-order valence-electron chi connectivity index (χ0n) is 36.6. The third kappa shape index (κ3) is 4.17. The van der Waals surface area contributed by atoms with Crippen molar-refractivity contribution in [2.75, 3.05) is 0 Å². The summed E-state index contributed by atoms with van der Waals surface area (Å²) in [4.78, 5) is 0. The van der Waals surface area contributed by atoms with Gasteiger partial charge in [0, 0.05) is 10.8 Å². The molecule has 0 aliphatic rings. The smallest absolute Gasteiger partial charge is 0.136 e. The summed E-state index contributed by atoms with van der Waals surface area (Å²) in [6.07, 6.45) is 0. The summed E-state index contributed by atoms with van der Waals surface area (Å²) < 4.78 is 121. The first kappa shape index (κ1) is 15.7. The van der Waals surface area contributed by atoms with E-state index in [1.807, 2.05) is 72.8 Å². The van der Waals surface area contributed by atoms with Crippen LogP contribution in [0.25, 0.3) is 88.0 Å². The van der Waals surface area contributed by atoms with E-state index in [0.29, 0.717) is 22.3 Å². The van der Waals surface area contributed by atoms with E-state index in [1.165, 1.54) is 0 Å². The van der Waals surface area contributed by atoms with E-state index in [-0.39, 0.29) is 32.7 Å². The Morgan fingerprint density at radius 2 is 0.956 bits per heavy atom. The van der Waals surface area contributed by atoms with E-state index >= 15 is 0 Å². The molecule has 0 saturated heterocycles. The number of furan rings is 1. The summed E-state index contributed by atoms with van der Waals surface area (Å²) >= 11 is 0. The molecule has 1 nitrogen and oxygen atoms in total. The molecule has 0 amide bonds. The standard InChI is InChI=1S/C44H28O/c1-3-13-29(14-4-1)34-23-12-24-40-44(34)39-26-25-32(28-41(39)45-40)31-17-11-18-33(27-31)43-37-21-9-7-19-35(37)42(30-15-5-2-6-16-30)36-20-8-10-22-38(36)43/h1-28H/i2D,5D,6D,7D,8D,9D,10D,15D,16D,19D,20D,21D,22D. The average molecular weight is 586 g/mol. The highest BCUT2D eigenvalue weighted by molar-refractivity contribution is 6.21. The van der Waals surface area contributed by atoms with Gasteiger partial charge in [-0.1, -0.05) is 145 Å². The minimum atomic E-state index is -0.714. The molecule has 0 N–H and O–H groups in total. The van der Waals surface area contributed by atoms with Crippen LogP contribution in [0.3, 0.4) is 0 Å². The van der Waals surface area contributed by atoms with Gasteiger partial charge in [0.15, 0.2) is 0 Å². The predicted molar refractivity (Wildman–Crippen MR) is 190 cm³/mol. The van der Waals surface area contributed by atoms with Crippen LogP contribution < -0.4 is 0 Å². The molecule has 8 aromatic carbocycles. The molecule has 1 aromatic heterocycles. The van der Waals surface area contributed by atoms with Crippen LogP contribution in [0.2, 0.25) is 0 Å². The van der Waals surface area contributed by atoms with E-state index in [0.717, 1.165) is 27.5 Å². The second kappa shape index (κ2) is 10.4. The summed E-state index contributed by atoms with van der Waals surface area (Å²) in [6.45, 7) is 0. The maximum atomic E-state index is 9.24. The molecule has 0 aliphatic carbocycles. The second-order valence-corrected chi connectivity index (χ2v) is 10.7. The van der Waals surface area contributed by atoms with Gasteiger partial charge in [-0.3, -0.25) is 0 Å². The minimum Gasteiger partial charge on any atom is -0.456 e. The van der Waals surface area contributed by atoms with E-state index in [4.69, 9.17) is 16.8 Å². The molecule has 45 heavy (non-hydrogen) atoms. The van der Waals surface area contributed by atoms with Crippen LogP contribution >= 0.6 is 0 Å². The quantitative estimate of drug-likeness (QED) is 0.187. The topological polar surface area (TPSA) is 13.1 Å². The normalized spacial score (nSPS) is 15.6. The Bertz CT molecular complexity index is 3150. The molecule has 1 heteroatoms. The van der Waals surface area contributed by atoms with Crippen molar-refractivity contribution < 1.29 is 22.2 Å². The molecule has 9 rings (SSSR count). The van der Waals surface area contributed by atoms with Crippen LogP contribution in [0, 0.1) is 0 Å². The fourth-order valence-corrected chi connectivity index (χ4v) is 6.26. The van der Waals surface area contributed by atoms with Crippen molar-refractivity contribution in [3.05, 3.63) is 170 Å². The van der Waals surface area contributed by atoms with Crippen molar-refractivity contribution in [2.45, 2.75) is 0 Å². The Morgan fingerprint density at radius 3 is 1.67 bits per heavy atom. The lowest BCUT2D eigenvalue weighted by atomic mass is 9.85. The molecule has 9 aromatic rings. The van der Waals surface area contributed by atoms with Crippen LogP contribution in [0.15, 0.2) is 174 Å². The lowest BCUT2D eigenvalue weighted by Gasteiger charge is -2.18. The molecular weight excluding hydrogens is 544 g/mol. The fourth-order valence-electron chi connectivity index (χ4n) is 6.26. The van der Waals surface area contributed by atoms with Gasteiger partial charge in [-0.15, -0.1) is 0 Å². The third-order valence-corrected chi connectivity index (χ3v) is 8.19. The van der Waals surface area contributed by atoms with E-state index in [1.54, 1.807) is 18.2 Å². The number of rotatable bonds is 4. The van der Waals surface area contributed by atoms with Gasteiger partial charge in [-0.05, 0) is 90.3 Å². The van der Waals surface area contributed by atoms with Crippen molar-refractivity contribution in [1.29, 1.82) is 0 Å². The summed E-state index contributed by atoms with van der Waals surface area (Å²) in [5.41, 5.74) is 4.46. The number of benzene rings is 8. The summed E-state index contributed by atoms with van der Waals surface area (Å²) in [7, 11) is 0. The highest BCUT2D eigenvalue weighted by atomic mass is 16.3.